The Morgan fingerprint density at radius 3 is 2.27 bits per heavy atom. The molecule has 2 rings (SSSR count). The van der Waals surface area contributed by atoms with Crippen molar-refractivity contribution < 1.29 is 8.42 Å². The molecule has 3 nitrogen and oxygen atoms in total. The second kappa shape index (κ2) is 7.01. The summed E-state index contributed by atoms with van der Waals surface area (Å²) >= 11 is 12.0. The van der Waals surface area contributed by atoms with Crippen LogP contribution in [-0.4, -0.2) is 18.8 Å². The van der Waals surface area contributed by atoms with Crippen molar-refractivity contribution in [3.8, 4) is 0 Å². The lowest BCUT2D eigenvalue weighted by Crippen LogP contribution is -2.36. The van der Waals surface area contributed by atoms with E-state index in [1.165, 1.54) is 16.4 Å². The summed E-state index contributed by atoms with van der Waals surface area (Å²) in [6, 6.07) is 13.7. The average molecular weight is 358 g/mol. The first kappa shape index (κ1) is 17.3. The van der Waals surface area contributed by atoms with Crippen LogP contribution in [0.25, 0.3) is 0 Å². The molecule has 118 valence electrons. The van der Waals surface area contributed by atoms with Crippen molar-refractivity contribution in [3.63, 3.8) is 0 Å². The maximum atomic E-state index is 12.9. The normalized spacial score (nSPS) is 12.1. The summed E-state index contributed by atoms with van der Waals surface area (Å²) < 4.78 is 27.3. The van der Waals surface area contributed by atoms with E-state index in [0.717, 1.165) is 5.56 Å². The van der Waals surface area contributed by atoms with Gasteiger partial charge in [0.15, 0.2) is 0 Å². The van der Waals surface area contributed by atoms with Gasteiger partial charge < -0.3 is 0 Å². The number of nitrogens with zero attached hydrogens (tertiary/aromatic N) is 1. The fourth-order valence-corrected chi connectivity index (χ4v) is 4.47. The number of hydrogen-bond donors (Lipinski definition) is 0. The van der Waals surface area contributed by atoms with Crippen molar-refractivity contribution in [2.24, 2.45) is 0 Å². The van der Waals surface area contributed by atoms with Gasteiger partial charge in [0.05, 0.1) is 5.02 Å². The van der Waals surface area contributed by atoms with Crippen LogP contribution in [0.2, 0.25) is 10.0 Å². The highest BCUT2D eigenvalue weighted by Crippen LogP contribution is 2.29. The zero-order valence-corrected chi connectivity index (χ0v) is 14.7. The lowest BCUT2D eigenvalue weighted by molar-refractivity contribution is 0.348. The van der Waals surface area contributed by atoms with E-state index >= 15 is 0 Å². The van der Waals surface area contributed by atoms with Gasteiger partial charge in [0.1, 0.15) is 4.90 Å². The molecule has 0 heterocycles. The summed E-state index contributed by atoms with van der Waals surface area (Å²) in [6.45, 7) is 3.95. The van der Waals surface area contributed by atoms with E-state index < -0.39 is 10.0 Å². The molecule has 0 saturated heterocycles. The Balaban J connectivity index is 2.45. The molecule has 0 aliphatic rings. The maximum absolute atomic E-state index is 12.9. The molecule has 0 N–H and O–H groups in total. The molecule has 0 aliphatic heterocycles. The van der Waals surface area contributed by atoms with Gasteiger partial charge in [0.2, 0.25) is 10.0 Å². The summed E-state index contributed by atoms with van der Waals surface area (Å²) in [4.78, 5) is 0.0336. The van der Waals surface area contributed by atoms with Gasteiger partial charge in [-0.15, -0.1) is 0 Å². The quantitative estimate of drug-likeness (QED) is 0.784. The summed E-state index contributed by atoms with van der Waals surface area (Å²) in [6.07, 6.45) is 0. The van der Waals surface area contributed by atoms with Crippen LogP contribution in [0.1, 0.15) is 19.4 Å². The van der Waals surface area contributed by atoms with Crippen molar-refractivity contribution in [1.82, 2.24) is 4.31 Å². The molecule has 0 atom stereocenters. The van der Waals surface area contributed by atoms with Crippen molar-refractivity contribution in [2.45, 2.75) is 31.3 Å². The largest absolute Gasteiger partial charge is 0.245 e. The predicted molar refractivity (Wildman–Crippen MR) is 90.8 cm³/mol. The smallest absolute Gasteiger partial charge is 0.207 e. The van der Waals surface area contributed by atoms with E-state index in [-0.39, 0.29) is 22.5 Å². The lowest BCUT2D eigenvalue weighted by atomic mass is 10.2. The first-order chi connectivity index (χ1) is 10.3. The molecule has 0 aliphatic carbocycles. The van der Waals surface area contributed by atoms with Crippen LogP contribution in [-0.2, 0) is 16.6 Å². The minimum Gasteiger partial charge on any atom is -0.207 e. The fraction of sp³-hybridized carbons (Fsp3) is 0.250. The second-order valence-electron chi connectivity index (χ2n) is 5.20. The Morgan fingerprint density at radius 2 is 1.68 bits per heavy atom. The van der Waals surface area contributed by atoms with Gasteiger partial charge in [-0.2, -0.15) is 4.31 Å². The molecule has 0 aromatic heterocycles. The molecule has 0 spiro atoms. The molecule has 2 aromatic rings. The van der Waals surface area contributed by atoms with Crippen LogP contribution < -0.4 is 0 Å². The summed E-state index contributed by atoms with van der Waals surface area (Å²) in [5, 5.41) is 0.509. The molecule has 6 heteroatoms. The third kappa shape index (κ3) is 3.82. The van der Waals surface area contributed by atoms with Gasteiger partial charge in [-0.25, -0.2) is 8.42 Å². The Bertz CT molecular complexity index is 746. The third-order valence-electron chi connectivity index (χ3n) is 3.24. The molecule has 0 unspecified atom stereocenters. The topological polar surface area (TPSA) is 37.4 Å². The molecule has 0 saturated carbocycles. The number of sulfonamides is 1. The molecular weight excluding hydrogens is 341 g/mol. The van der Waals surface area contributed by atoms with E-state index in [0.29, 0.717) is 5.02 Å². The number of benzene rings is 2. The summed E-state index contributed by atoms with van der Waals surface area (Å²) in [5.74, 6) is 0. The van der Waals surface area contributed by atoms with Crippen molar-refractivity contribution in [1.29, 1.82) is 0 Å². The van der Waals surface area contributed by atoms with E-state index in [9.17, 15) is 8.42 Å². The second-order valence-corrected chi connectivity index (χ2v) is 7.91. The highest BCUT2D eigenvalue weighted by molar-refractivity contribution is 7.89. The highest BCUT2D eigenvalue weighted by atomic mass is 35.5. The Morgan fingerprint density at radius 1 is 1.05 bits per heavy atom. The van der Waals surface area contributed by atoms with Crippen molar-refractivity contribution in [3.05, 3.63) is 64.1 Å². The molecule has 0 amide bonds. The molecule has 0 fully saturated rings. The van der Waals surface area contributed by atoms with Crippen molar-refractivity contribution >= 4 is 33.2 Å². The minimum absolute atomic E-state index is 0.0336. The van der Waals surface area contributed by atoms with E-state index in [4.69, 9.17) is 23.2 Å². The van der Waals surface area contributed by atoms with Gasteiger partial charge in [0.25, 0.3) is 0 Å². The Hall–Kier alpha value is -1.07. The first-order valence-electron chi connectivity index (χ1n) is 6.83. The molecular formula is C16H17Cl2NO2S. The number of hydrogen-bond acceptors (Lipinski definition) is 2. The van der Waals surface area contributed by atoms with Crippen LogP contribution in [0.15, 0.2) is 53.4 Å². The minimum atomic E-state index is -3.73. The van der Waals surface area contributed by atoms with E-state index in [1.54, 1.807) is 6.07 Å². The summed E-state index contributed by atoms with van der Waals surface area (Å²) in [7, 11) is -3.73. The number of halogens is 2. The van der Waals surface area contributed by atoms with Crippen LogP contribution in [0.3, 0.4) is 0 Å². The Labute approximate surface area is 141 Å². The zero-order chi connectivity index (χ0) is 16.3. The van der Waals surface area contributed by atoms with Crippen LogP contribution in [0, 0.1) is 0 Å². The van der Waals surface area contributed by atoms with Crippen LogP contribution in [0.5, 0.6) is 0 Å². The van der Waals surface area contributed by atoms with E-state index in [1.807, 2.05) is 44.2 Å². The fourth-order valence-electron chi connectivity index (χ4n) is 2.11. The van der Waals surface area contributed by atoms with E-state index in [2.05, 4.69) is 0 Å². The molecule has 0 bridgehead atoms. The van der Waals surface area contributed by atoms with Gasteiger partial charge in [-0.05, 0) is 37.6 Å². The summed E-state index contributed by atoms with van der Waals surface area (Å²) in [5.41, 5.74) is 0.915. The molecule has 0 radical (unpaired) electrons. The third-order valence-corrected chi connectivity index (χ3v) is 5.98. The van der Waals surface area contributed by atoms with Gasteiger partial charge >= 0.3 is 0 Å². The van der Waals surface area contributed by atoms with Gasteiger partial charge in [-0.1, -0.05) is 53.5 Å². The van der Waals surface area contributed by atoms with Gasteiger partial charge in [0, 0.05) is 17.6 Å². The maximum Gasteiger partial charge on any atom is 0.245 e. The lowest BCUT2D eigenvalue weighted by Gasteiger charge is -2.26. The zero-order valence-electron chi connectivity index (χ0n) is 12.3. The average Bonchev–Trinajstić information content (AvgIpc) is 2.47. The number of rotatable bonds is 5. The molecule has 22 heavy (non-hydrogen) atoms. The highest BCUT2D eigenvalue weighted by Gasteiger charge is 2.29. The molecule has 2 aromatic carbocycles. The predicted octanol–water partition coefficient (Wildman–Crippen LogP) is 4.59. The first-order valence-corrected chi connectivity index (χ1v) is 9.03. The Kier molecular flexibility index (Phi) is 5.50. The van der Waals surface area contributed by atoms with Gasteiger partial charge in [-0.3, -0.25) is 0 Å². The monoisotopic (exact) mass is 357 g/mol. The van der Waals surface area contributed by atoms with Crippen LogP contribution >= 0.6 is 23.2 Å². The van der Waals surface area contributed by atoms with Crippen LogP contribution in [0.4, 0.5) is 0 Å². The standard InChI is InChI=1S/C16H17Cl2NO2S/c1-12(2)19(11-13-6-4-3-5-7-13)22(20,21)16-10-14(17)8-9-15(16)18/h3-10,12H,11H2,1-2H3. The SMILES string of the molecule is CC(C)N(Cc1ccccc1)S(=O)(=O)c1cc(Cl)ccc1Cl. The van der Waals surface area contributed by atoms with Crippen molar-refractivity contribution in [2.75, 3.05) is 0 Å².